The summed E-state index contributed by atoms with van der Waals surface area (Å²) in [7, 11) is 0. The van der Waals surface area contributed by atoms with E-state index in [1.165, 1.54) is 24.1 Å². The molecule has 1 aromatic carbocycles. The second kappa shape index (κ2) is 7.98. The van der Waals surface area contributed by atoms with Crippen molar-refractivity contribution >= 4 is 11.6 Å². The number of para-hydroxylation sites is 1. The molecule has 1 N–H and O–H groups in total. The Balaban J connectivity index is 1.11. The van der Waals surface area contributed by atoms with Crippen LogP contribution in [-0.2, 0) is 4.79 Å². The van der Waals surface area contributed by atoms with E-state index in [9.17, 15) is 4.79 Å². The van der Waals surface area contributed by atoms with Gasteiger partial charge in [0.2, 0.25) is 5.91 Å². The molecule has 4 aliphatic rings. The number of anilines is 1. The molecule has 1 saturated carbocycles. The number of hydrogen-bond donors (Lipinski definition) is 1. The number of unbranched alkanes of at least 4 members (excludes halogenated alkanes) is 1. The molecule has 0 aromatic heterocycles. The summed E-state index contributed by atoms with van der Waals surface area (Å²) in [5.74, 6) is 0.740. The lowest BCUT2D eigenvalue weighted by molar-refractivity contribution is -0.130. The third kappa shape index (κ3) is 3.52. The monoisotopic (exact) mass is 391 g/mol. The van der Waals surface area contributed by atoms with Crippen molar-refractivity contribution in [1.82, 2.24) is 10.2 Å². The molecule has 1 aromatic rings. The number of nitrogens with one attached hydrogen (secondary N) is 1. The van der Waals surface area contributed by atoms with E-state index in [4.69, 9.17) is 0 Å². The smallest absolute Gasteiger partial charge is 0.227 e. The number of amides is 1. The zero-order chi connectivity index (χ0) is 19.7. The summed E-state index contributed by atoms with van der Waals surface area (Å²) in [6, 6.07) is 11.0. The maximum Gasteiger partial charge on any atom is 0.227 e. The normalized spacial score (nSPS) is 31.4. The SMILES string of the molecule is O=C1NC2C=CC=C3CCCC1(CCCCN1CCN(c4ccccc4)CC1)C32. The van der Waals surface area contributed by atoms with Gasteiger partial charge in [-0.1, -0.05) is 48.4 Å². The maximum atomic E-state index is 13.0. The van der Waals surface area contributed by atoms with Crippen LogP contribution in [0.25, 0.3) is 0 Å². The number of carbonyl (C=O) groups is 1. The summed E-state index contributed by atoms with van der Waals surface area (Å²) >= 11 is 0. The minimum atomic E-state index is -0.133. The first-order valence-electron chi connectivity index (χ1n) is 11.5. The van der Waals surface area contributed by atoms with Crippen LogP contribution in [0.2, 0.25) is 0 Å². The standard InChI is InChI=1S/C25H33N3O/c29-24-25(14-7-9-20-8-6-12-22(26-24)23(20)25)13-4-5-15-27-16-18-28(19-17-27)21-10-2-1-3-11-21/h1-3,6,8,10-12,22-23H,4-5,7,9,13-19H2,(H,26,29). The Morgan fingerprint density at radius 3 is 2.72 bits per heavy atom. The molecule has 29 heavy (non-hydrogen) atoms. The number of hydrogen-bond acceptors (Lipinski definition) is 3. The summed E-state index contributed by atoms with van der Waals surface area (Å²) < 4.78 is 0. The van der Waals surface area contributed by atoms with Crippen LogP contribution in [0, 0.1) is 11.3 Å². The quantitative estimate of drug-likeness (QED) is 0.750. The van der Waals surface area contributed by atoms with E-state index in [2.05, 4.69) is 63.7 Å². The predicted molar refractivity (Wildman–Crippen MR) is 118 cm³/mol. The molecule has 2 saturated heterocycles. The lowest BCUT2D eigenvalue weighted by atomic mass is 9.60. The zero-order valence-electron chi connectivity index (χ0n) is 17.4. The molecule has 5 rings (SSSR count). The molecule has 1 amide bonds. The van der Waals surface area contributed by atoms with Crippen LogP contribution in [0.4, 0.5) is 5.69 Å². The van der Waals surface area contributed by atoms with E-state index >= 15 is 0 Å². The molecule has 4 nitrogen and oxygen atoms in total. The van der Waals surface area contributed by atoms with Crippen LogP contribution in [0.1, 0.15) is 38.5 Å². The third-order valence-electron chi connectivity index (χ3n) is 7.66. The zero-order valence-corrected chi connectivity index (χ0v) is 17.4. The summed E-state index contributed by atoms with van der Waals surface area (Å²) in [6.45, 7) is 5.67. The van der Waals surface area contributed by atoms with Crippen molar-refractivity contribution in [1.29, 1.82) is 0 Å². The first-order chi connectivity index (χ1) is 14.3. The molecule has 2 aliphatic carbocycles. The Morgan fingerprint density at radius 1 is 1.07 bits per heavy atom. The van der Waals surface area contributed by atoms with Gasteiger partial charge in [0.05, 0.1) is 11.5 Å². The highest BCUT2D eigenvalue weighted by molar-refractivity contribution is 5.87. The third-order valence-corrected chi connectivity index (χ3v) is 7.66. The van der Waals surface area contributed by atoms with Crippen molar-refractivity contribution in [2.45, 2.75) is 44.6 Å². The van der Waals surface area contributed by atoms with Crippen LogP contribution < -0.4 is 10.2 Å². The highest BCUT2D eigenvalue weighted by atomic mass is 16.2. The molecule has 2 heterocycles. The van der Waals surface area contributed by atoms with Gasteiger partial charge in [-0.25, -0.2) is 0 Å². The maximum absolute atomic E-state index is 13.0. The van der Waals surface area contributed by atoms with Crippen LogP contribution in [0.5, 0.6) is 0 Å². The van der Waals surface area contributed by atoms with Crippen LogP contribution >= 0.6 is 0 Å². The average Bonchev–Trinajstić information content (AvgIpc) is 3.06. The van der Waals surface area contributed by atoms with E-state index in [1.54, 1.807) is 0 Å². The van der Waals surface area contributed by atoms with Crippen LogP contribution in [0.3, 0.4) is 0 Å². The predicted octanol–water partition coefficient (Wildman–Crippen LogP) is 3.76. The highest BCUT2D eigenvalue weighted by Crippen LogP contribution is 2.53. The van der Waals surface area contributed by atoms with Crippen molar-refractivity contribution in [3.63, 3.8) is 0 Å². The molecule has 0 radical (unpaired) electrons. The fraction of sp³-hybridized carbons (Fsp3) is 0.560. The number of benzene rings is 1. The molecule has 154 valence electrons. The second-order valence-electron chi connectivity index (χ2n) is 9.23. The van der Waals surface area contributed by atoms with Gasteiger partial charge in [-0.2, -0.15) is 0 Å². The Hall–Kier alpha value is -2.07. The number of piperazine rings is 1. The Morgan fingerprint density at radius 2 is 1.90 bits per heavy atom. The number of nitrogens with zero attached hydrogens (tertiary/aromatic N) is 2. The molecular formula is C25H33N3O. The highest BCUT2D eigenvalue weighted by Gasteiger charge is 2.56. The Labute approximate surface area is 174 Å². The molecule has 0 bridgehead atoms. The van der Waals surface area contributed by atoms with Crippen molar-refractivity contribution < 1.29 is 4.79 Å². The average molecular weight is 392 g/mol. The first kappa shape index (κ1) is 18.9. The molecule has 3 fully saturated rings. The van der Waals surface area contributed by atoms with E-state index < -0.39 is 0 Å². The van der Waals surface area contributed by atoms with E-state index in [0.717, 1.165) is 58.4 Å². The molecule has 3 unspecified atom stereocenters. The van der Waals surface area contributed by atoms with Gasteiger partial charge < -0.3 is 10.2 Å². The molecule has 4 heteroatoms. The van der Waals surface area contributed by atoms with E-state index in [0.29, 0.717) is 11.8 Å². The first-order valence-corrected chi connectivity index (χ1v) is 11.5. The summed E-state index contributed by atoms with van der Waals surface area (Å²) in [6.07, 6.45) is 13.4. The van der Waals surface area contributed by atoms with Gasteiger partial charge in [-0.15, -0.1) is 0 Å². The lowest BCUT2D eigenvalue weighted by Gasteiger charge is -2.41. The van der Waals surface area contributed by atoms with Gasteiger partial charge in [0.1, 0.15) is 0 Å². The van der Waals surface area contributed by atoms with Gasteiger partial charge >= 0.3 is 0 Å². The molecule has 0 spiro atoms. The number of allylic oxidation sites excluding steroid dienone is 2. The molecule has 3 atom stereocenters. The van der Waals surface area contributed by atoms with Crippen molar-refractivity contribution in [2.24, 2.45) is 11.3 Å². The minimum Gasteiger partial charge on any atom is -0.369 e. The van der Waals surface area contributed by atoms with Crippen molar-refractivity contribution in [2.75, 3.05) is 37.6 Å². The van der Waals surface area contributed by atoms with Gasteiger partial charge in [0, 0.05) is 37.8 Å². The summed E-state index contributed by atoms with van der Waals surface area (Å²) in [4.78, 5) is 18.0. The number of carbonyl (C=O) groups excluding carboxylic acids is 1. The second-order valence-corrected chi connectivity index (χ2v) is 9.23. The largest absolute Gasteiger partial charge is 0.369 e. The summed E-state index contributed by atoms with van der Waals surface area (Å²) in [5.41, 5.74) is 2.72. The fourth-order valence-corrected chi connectivity index (χ4v) is 6.16. The Bertz CT molecular complexity index is 794. The van der Waals surface area contributed by atoms with Crippen LogP contribution in [-0.4, -0.2) is 49.6 Å². The van der Waals surface area contributed by atoms with Crippen molar-refractivity contribution in [3.8, 4) is 0 Å². The van der Waals surface area contributed by atoms with Gasteiger partial charge in [-0.05, 0) is 50.8 Å². The molecular weight excluding hydrogens is 358 g/mol. The van der Waals surface area contributed by atoms with Crippen molar-refractivity contribution in [3.05, 3.63) is 54.1 Å². The van der Waals surface area contributed by atoms with Crippen LogP contribution in [0.15, 0.2) is 54.1 Å². The molecule has 2 aliphatic heterocycles. The number of rotatable bonds is 6. The van der Waals surface area contributed by atoms with Gasteiger partial charge in [0.25, 0.3) is 0 Å². The van der Waals surface area contributed by atoms with Gasteiger partial charge in [0.15, 0.2) is 0 Å². The lowest BCUT2D eigenvalue weighted by Crippen LogP contribution is -2.46. The minimum absolute atomic E-state index is 0.133. The fourth-order valence-electron chi connectivity index (χ4n) is 6.16. The topological polar surface area (TPSA) is 35.6 Å². The van der Waals surface area contributed by atoms with Gasteiger partial charge in [-0.3, -0.25) is 9.69 Å². The van der Waals surface area contributed by atoms with E-state index in [1.807, 2.05) is 0 Å². The van der Waals surface area contributed by atoms with E-state index in [-0.39, 0.29) is 11.5 Å². The summed E-state index contributed by atoms with van der Waals surface area (Å²) in [5, 5.41) is 3.30. The Kier molecular flexibility index (Phi) is 5.21.